The molecule has 0 bridgehead atoms. The second-order valence-corrected chi connectivity index (χ2v) is 10.6. The third kappa shape index (κ3) is 5.10. The third-order valence-corrected chi connectivity index (χ3v) is 8.47. The minimum absolute atomic E-state index is 0.0475. The van der Waals surface area contributed by atoms with Crippen molar-refractivity contribution in [2.75, 3.05) is 24.6 Å². The molecule has 3 aromatic rings. The topological polar surface area (TPSA) is 79.8 Å². The second kappa shape index (κ2) is 10.0. The van der Waals surface area contributed by atoms with Crippen molar-refractivity contribution in [3.8, 4) is 5.75 Å². The zero-order chi connectivity index (χ0) is 23.4. The summed E-state index contributed by atoms with van der Waals surface area (Å²) in [5.41, 5.74) is 1.63. The molecule has 1 aliphatic heterocycles. The van der Waals surface area contributed by atoms with E-state index in [0.717, 1.165) is 11.4 Å². The van der Waals surface area contributed by atoms with E-state index in [2.05, 4.69) is 4.98 Å². The fourth-order valence-corrected chi connectivity index (χ4v) is 6.20. The molecule has 0 aliphatic carbocycles. The molecule has 1 aromatic heterocycles. The molecule has 1 amide bonds. The van der Waals surface area contributed by atoms with E-state index < -0.39 is 10.0 Å². The van der Waals surface area contributed by atoms with Crippen LogP contribution in [0.4, 0.5) is 10.8 Å². The predicted molar refractivity (Wildman–Crippen MR) is 130 cm³/mol. The summed E-state index contributed by atoms with van der Waals surface area (Å²) >= 11 is 1.43. The SMILES string of the molecule is CCOc1ccc(S(=O)(=O)N2CCC(C(=O)N(c3ccccc3)c3nc(C)cs3)CC2)cc1. The Balaban J connectivity index is 1.48. The highest BCUT2D eigenvalue weighted by molar-refractivity contribution is 7.89. The van der Waals surface area contributed by atoms with Gasteiger partial charge in [-0.3, -0.25) is 9.69 Å². The molecular weight excluding hydrogens is 458 g/mol. The van der Waals surface area contributed by atoms with Crippen LogP contribution in [0.25, 0.3) is 0 Å². The summed E-state index contributed by atoms with van der Waals surface area (Å²) < 4.78 is 33.1. The first-order valence-corrected chi connectivity index (χ1v) is 13.3. The number of anilines is 2. The van der Waals surface area contributed by atoms with Crippen molar-refractivity contribution in [2.45, 2.75) is 31.6 Å². The third-order valence-electron chi connectivity index (χ3n) is 5.61. The molecule has 2 heterocycles. The normalized spacial score (nSPS) is 15.3. The molecule has 0 N–H and O–H groups in total. The fraction of sp³-hybridized carbons (Fsp3) is 0.333. The Morgan fingerprint density at radius 3 is 2.36 bits per heavy atom. The van der Waals surface area contributed by atoms with Crippen molar-refractivity contribution in [3.05, 3.63) is 65.7 Å². The molecule has 0 saturated carbocycles. The maximum absolute atomic E-state index is 13.5. The lowest BCUT2D eigenvalue weighted by atomic mass is 9.96. The molecular formula is C24H27N3O4S2. The van der Waals surface area contributed by atoms with Gasteiger partial charge in [0.05, 0.1) is 22.9 Å². The number of amides is 1. The summed E-state index contributed by atoms with van der Waals surface area (Å²) in [5, 5.41) is 2.55. The predicted octanol–water partition coefficient (Wildman–Crippen LogP) is 4.62. The van der Waals surface area contributed by atoms with Gasteiger partial charge in [0.15, 0.2) is 5.13 Å². The van der Waals surface area contributed by atoms with Gasteiger partial charge in [-0.1, -0.05) is 18.2 Å². The van der Waals surface area contributed by atoms with Crippen LogP contribution in [0.3, 0.4) is 0 Å². The van der Waals surface area contributed by atoms with Crippen LogP contribution in [-0.4, -0.2) is 43.3 Å². The molecule has 174 valence electrons. The number of rotatable bonds is 7. The number of sulfonamides is 1. The molecule has 9 heteroatoms. The number of hydrogen-bond donors (Lipinski definition) is 0. The Bertz CT molecular complexity index is 1190. The molecule has 0 radical (unpaired) electrons. The minimum Gasteiger partial charge on any atom is -0.494 e. The number of para-hydroxylation sites is 1. The van der Waals surface area contributed by atoms with Gasteiger partial charge in [-0.25, -0.2) is 13.4 Å². The molecule has 0 unspecified atom stereocenters. The molecule has 0 atom stereocenters. The van der Waals surface area contributed by atoms with Gasteiger partial charge in [0, 0.05) is 24.4 Å². The van der Waals surface area contributed by atoms with Gasteiger partial charge in [-0.05, 0) is 63.1 Å². The highest BCUT2D eigenvalue weighted by atomic mass is 32.2. The van der Waals surface area contributed by atoms with Crippen LogP contribution in [0.1, 0.15) is 25.5 Å². The second-order valence-electron chi connectivity index (χ2n) is 7.86. The van der Waals surface area contributed by atoms with Gasteiger partial charge in [0.1, 0.15) is 5.75 Å². The van der Waals surface area contributed by atoms with Crippen LogP contribution in [-0.2, 0) is 14.8 Å². The number of piperidine rings is 1. The Morgan fingerprint density at radius 2 is 1.79 bits per heavy atom. The molecule has 7 nitrogen and oxygen atoms in total. The lowest BCUT2D eigenvalue weighted by Gasteiger charge is -2.33. The van der Waals surface area contributed by atoms with E-state index in [1.165, 1.54) is 15.6 Å². The van der Waals surface area contributed by atoms with Gasteiger partial charge in [0.2, 0.25) is 15.9 Å². The van der Waals surface area contributed by atoms with E-state index in [-0.39, 0.29) is 16.7 Å². The smallest absolute Gasteiger partial charge is 0.243 e. The first-order chi connectivity index (χ1) is 15.9. The van der Waals surface area contributed by atoms with Gasteiger partial charge in [-0.15, -0.1) is 11.3 Å². The average Bonchev–Trinajstić information content (AvgIpc) is 3.26. The van der Waals surface area contributed by atoms with Crippen LogP contribution in [0, 0.1) is 12.8 Å². The van der Waals surface area contributed by atoms with Crippen LogP contribution < -0.4 is 9.64 Å². The molecule has 33 heavy (non-hydrogen) atoms. The van der Waals surface area contributed by atoms with E-state index in [1.807, 2.05) is 49.6 Å². The van der Waals surface area contributed by atoms with Crippen molar-refractivity contribution in [3.63, 3.8) is 0 Å². The molecule has 1 fully saturated rings. The van der Waals surface area contributed by atoms with E-state index in [4.69, 9.17) is 4.74 Å². The monoisotopic (exact) mass is 485 g/mol. The Morgan fingerprint density at radius 1 is 1.12 bits per heavy atom. The summed E-state index contributed by atoms with van der Waals surface area (Å²) in [6.45, 7) is 4.90. The highest BCUT2D eigenvalue weighted by Gasteiger charge is 2.35. The number of nitrogens with zero attached hydrogens (tertiary/aromatic N) is 3. The lowest BCUT2D eigenvalue weighted by Crippen LogP contribution is -2.43. The van der Waals surface area contributed by atoms with Gasteiger partial charge < -0.3 is 4.74 Å². The summed E-state index contributed by atoms with van der Waals surface area (Å²) in [6.07, 6.45) is 0.922. The number of carbonyl (C=O) groups is 1. The van der Waals surface area contributed by atoms with E-state index in [0.29, 0.717) is 43.4 Å². The summed E-state index contributed by atoms with van der Waals surface area (Å²) in [7, 11) is -3.62. The fourth-order valence-electron chi connectivity index (χ4n) is 3.90. The number of aromatic nitrogens is 1. The number of carbonyl (C=O) groups excluding carboxylic acids is 1. The number of aryl methyl sites for hydroxylation is 1. The summed E-state index contributed by atoms with van der Waals surface area (Å²) in [5.74, 6) is 0.314. The highest BCUT2D eigenvalue weighted by Crippen LogP contribution is 2.33. The molecule has 4 rings (SSSR count). The molecule has 1 saturated heterocycles. The molecule has 0 spiro atoms. The maximum Gasteiger partial charge on any atom is 0.243 e. The zero-order valence-corrected chi connectivity index (χ0v) is 20.3. The number of hydrogen-bond acceptors (Lipinski definition) is 6. The van der Waals surface area contributed by atoms with E-state index in [1.54, 1.807) is 29.2 Å². The van der Waals surface area contributed by atoms with Gasteiger partial charge in [0.25, 0.3) is 0 Å². The Labute approximate surface area is 198 Å². The van der Waals surface area contributed by atoms with Crippen LogP contribution in [0.5, 0.6) is 5.75 Å². The molecule has 2 aromatic carbocycles. The minimum atomic E-state index is -3.62. The van der Waals surface area contributed by atoms with Gasteiger partial charge in [-0.2, -0.15) is 4.31 Å². The first-order valence-electron chi connectivity index (χ1n) is 10.9. The molecule has 1 aliphatic rings. The first kappa shape index (κ1) is 23.4. The van der Waals surface area contributed by atoms with Crippen molar-refractivity contribution < 1.29 is 17.9 Å². The van der Waals surface area contributed by atoms with Gasteiger partial charge >= 0.3 is 0 Å². The Hall–Kier alpha value is -2.75. The largest absolute Gasteiger partial charge is 0.494 e. The standard InChI is InChI=1S/C24H27N3O4S2/c1-3-31-21-9-11-22(12-10-21)33(29,30)26-15-13-19(14-16-26)23(28)27(20-7-5-4-6-8-20)24-25-18(2)17-32-24/h4-12,17,19H,3,13-16H2,1-2H3. The summed E-state index contributed by atoms with van der Waals surface area (Å²) in [4.78, 5) is 20.0. The van der Waals surface area contributed by atoms with Crippen molar-refractivity contribution in [1.29, 1.82) is 0 Å². The van der Waals surface area contributed by atoms with Crippen molar-refractivity contribution in [1.82, 2.24) is 9.29 Å². The summed E-state index contributed by atoms with van der Waals surface area (Å²) in [6, 6.07) is 15.9. The van der Waals surface area contributed by atoms with Crippen LogP contribution in [0.2, 0.25) is 0 Å². The Kier molecular flexibility index (Phi) is 7.11. The van der Waals surface area contributed by atoms with E-state index >= 15 is 0 Å². The van der Waals surface area contributed by atoms with Crippen molar-refractivity contribution >= 4 is 38.1 Å². The zero-order valence-electron chi connectivity index (χ0n) is 18.7. The number of ether oxygens (including phenoxy) is 1. The quantitative estimate of drug-likeness (QED) is 0.488. The van der Waals surface area contributed by atoms with Crippen LogP contribution >= 0.6 is 11.3 Å². The average molecular weight is 486 g/mol. The van der Waals surface area contributed by atoms with E-state index in [9.17, 15) is 13.2 Å². The lowest BCUT2D eigenvalue weighted by molar-refractivity contribution is -0.122. The number of thiazole rings is 1. The van der Waals surface area contributed by atoms with Crippen LogP contribution in [0.15, 0.2) is 64.9 Å². The van der Waals surface area contributed by atoms with Crippen molar-refractivity contribution in [2.24, 2.45) is 5.92 Å². The number of benzene rings is 2. The maximum atomic E-state index is 13.5.